The van der Waals surface area contributed by atoms with Crippen LogP contribution in [0.1, 0.15) is 18.1 Å². The van der Waals surface area contributed by atoms with Gasteiger partial charge in [-0.15, -0.1) is 0 Å². The van der Waals surface area contributed by atoms with E-state index in [0.29, 0.717) is 12.2 Å². The summed E-state index contributed by atoms with van der Waals surface area (Å²) in [4.78, 5) is 19.1. The van der Waals surface area contributed by atoms with Crippen LogP contribution in [0.2, 0.25) is 0 Å². The van der Waals surface area contributed by atoms with Crippen molar-refractivity contribution < 1.29 is 24.5 Å². The fourth-order valence-corrected chi connectivity index (χ4v) is 2.24. The fourth-order valence-electron chi connectivity index (χ4n) is 2.24. The van der Waals surface area contributed by atoms with Crippen molar-refractivity contribution in [3.8, 4) is 5.75 Å². The molecule has 0 amide bonds. The Morgan fingerprint density at radius 2 is 1.62 bits per heavy atom. The van der Waals surface area contributed by atoms with Crippen LogP contribution < -0.4 is 10.5 Å². The summed E-state index contributed by atoms with van der Waals surface area (Å²) in [6, 6.07) is 18.3. The number of nitrogens with two attached hydrogens (primary N) is 1. The first-order chi connectivity index (χ1) is 12.2. The summed E-state index contributed by atoms with van der Waals surface area (Å²) in [5, 5.41) is 15.6. The molecule has 0 heterocycles. The van der Waals surface area contributed by atoms with E-state index in [2.05, 4.69) is 19.1 Å². The summed E-state index contributed by atoms with van der Waals surface area (Å²) >= 11 is 0. The van der Waals surface area contributed by atoms with Crippen LogP contribution in [0.5, 0.6) is 5.75 Å². The smallest absolute Gasteiger partial charge is 0.328 e. The van der Waals surface area contributed by atoms with Crippen molar-refractivity contribution in [1.29, 1.82) is 0 Å². The van der Waals surface area contributed by atoms with Crippen molar-refractivity contribution in [2.75, 3.05) is 7.11 Å². The van der Waals surface area contributed by atoms with Crippen molar-refractivity contribution in [2.24, 2.45) is 5.73 Å². The molecule has 6 nitrogen and oxygen atoms in total. The van der Waals surface area contributed by atoms with Crippen LogP contribution in [0.3, 0.4) is 0 Å². The van der Waals surface area contributed by atoms with Crippen molar-refractivity contribution in [3.05, 3.63) is 77.9 Å². The molecule has 0 saturated heterocycles. The number of hydrogen-bond donors (Lipinski definition) is 3. The first-order valence-electron chi connectivity index (χ1n) is 7.86. The van der Waals surface area contributed by atoms with E-state index in [1.54, 1.807) is 7.11 Å². The molecular formula is C20H23NO5. The Kier molecular flexibility index (Phi) is 8.05. The average molecular weight is 357 g/mol. The van der Waals surface area contributed by atoms with Gasteiger partial charge in [0, 0.05) is 17.7 Å². The van der Waals surface area contributed by atoms with Gasteiger partial charge < -0.3 is 20.7 Å². The van der Waals surface area contributed by atoms with Crippen LogP contribution in [-0.2, 0) is 21.5 Å². The number of rotatable bonds is 6. The molecule has 0 saturated carbocycles. The number of ether oxygens (including phenoxy) is 1. The van der Waals surface area contributed by atoms with Crippen molar-refractivity contribution in [1.82, 2.24) is 0 Å². The summed E-state index contributed by atoms with van der Waals surface area (Å²) in [7, 11) is 1.67. The van der Waals surface area contributed by atoms with Crippen LogP contribution in [0.15, 0.2) is 66.7 Å². The molecule has 2 aromatic carbocycles. The maximum absolute atomic E-state index is 9.55. The SMILES string of the molecule is COc1cccc(C(C)(N)Cc2ccccc2)c1.O=C(O)/C=C\C(=O)O. The topological polar surface area (TPSA) is 110 Å². The summed E-state index contributed by atoms with van der Waals surface area (Å²) in [5.41, 5.74) is 8.37. The minimum absolute atomic E-state index is 0.393. The number of methoxy groups -OCH3 is 1. The van der Waals surface area contributed by atoms with Gasteiger partial charge in [-0.2, -0.15) is 0 Å². The minimum atomic E-state index is -1.26. The second-order valence-corrected chi connectivity index (χ2v) is 5.82. The zero-order valence-corrected chi connectivity index (χ0v) is 14.8. The van der Waals surface area contributed by atoms with Gasteiger partial charge in [0.15, 0.2) is 0 Å². The highest BCUT2D eigenvalue weighted by molar-refractivity contribution is 5.89. The monoisotopic (exact) mass is 357 g/mol. The highest BCUT2D eigenvalue weighted by Gasteiger charge is 2.22. The van der Waals surface area contributed by atoms with Gasteiger partial charge in [0.2, 0.25) is 0 Å². The second-order valence-electron chi connectivity index (χ2n) is 5.82. The average Bonchev–Trinajstić information content (AvgIpc) is 2.61. The zero-order chi connectivity index (χ0) is 19.6. The lowest BCUT2D eigenvalue weighted by Gasteiger charge is -2.26. The summed E-state index contributed by atoms with van der Waals surface area (Å²) in [6.07, 6.45) is 1.92. The van der Waals surface area contributed by atoms with Crippen molar-refractivity contribution in [2.45, 2.75) is 18.9 Å². The largest absolute Gasteiger partial charge is 0.497 e. The van der Waals surface area contributed by atoms with Crippen molar-refractivity contribution in [3.63, 3.8) is 0 Å². The van der Waals surface area contributed by atoms with Crippen LogP contribution in [0, 0.1) is 0 Å². The van der Waals surface area contributed by atoms with E-state index >= 15 is 0 Å². The van der Waals surface area contributed by atoms with Gasteiger partial charge in [0.25, 0.3) is 0 Å². The Labute approximate surface area is 152 Å². The van der Waals surface area contributed by atoms with E-state index in [1.165, 1.54) is 5.56 Å². The molecule has 2 aromatic rings. The normalized spacial score (nSPS) is 12.6. The molecule has 0 aromatic heterocycles. The highest BCUT2D eigenvalue weighted by Crippen LogP contribution is 2.25. The molecular weight excluding hydrogens is 334 g/mol. The molecule has 0 spiro atoms. The molecule has 0 fully saturated rings. The highest BCUT2D eigenvalue weighted by atomic mass is 16.5. The predicted molar refractivity (Wildman–Crippen MR) is 99.1 cm³/mol. The third-order valence-electron chi connectivity index (χ3n) is 3.51. The van der Waals surface area contributed by atoms with E-state index in [9.17, 15) is 9.59 Å². The second kappa shape index (κ2) is 10.0. The van der Waals surface area contributed by atoms with Gasteiger partial charge in [-0.05, 0) is 36.6 Å². The van der Waals surface area contributed by atoms with E-state index in [4.69, 9.17) is 20.7 Å². The zero-order valence-electron chi connectivity index (χ0n) is 14.8. The molecule has 0 aliphatic rings. The number of benzene rings is 2. The molecule has 2 rings (SSSR count). The molecule has 26 heavy (non-hydrogen) atoms. The Hall–Kier alpha value is -3.12. The summed E-state index contributed by atoms with van der Waals surface area (Å²) in [6.45, 7) is 2.05. The summed E-state index contributed by atoms with van der Waals surface area (Å²) in [5.74, 6) is -1.67. The summed E-state index contributed by atoms with van der Waals surface area (Å²) < 4.78 is 5.24. The van der Waals surface area contributed by atoms with E-state index in [0.717, 1.165) is 17.7 Å². The van der Waals surface area contributed by atoms with E-state index in [1.807, 2.05) is 42.5 Å². The molecule has 0 radical (unpaired) electrons. The Bertz CT molecular complexity index is 738. The van der Waals surface area contributed by atoms with Crippen LogP contribution in [-0.4, -0.2) is 29.3 Å². The van der Waals surface area contributed by atoms with Gasteiger partial charge in [0.05, 0.1) is 7.11 Å². The maximum Gasteiger partial charge on any atom is 0.328 e. The maximum atomic E-state index is 9.55. The molecule has 4 N–H and O–H groups in total. The Morgan fingerprint density at radius 3 is 2.12 bits per heavy atom. The van der Waals surface area contributed by atoms with Crippen LogP contribution in [0.25, 0.3) is 0 Å². The van der Waals surface area contributed by atoms with Gasteiger partial charge in [-0.3, -0.25) is 0 Å². The number of carboxylic acids is 2. The molecule has 138 valence electrons. The van der Waals surface area contributed by atoms with E-state index in [-0.39, 0.29) is 0 Å². The predicted octanol–water partition coefficient (Wildman–Crippen LogP) is 2.82. The third-order valence-corrected chi connectivity index (χ3v) is 3.51. The Balaban J connectivity index is 0.000000359. The Morgan fingerprint density at radius 1 is 1.04 bits per heavy atom. The number of carboxylic acid groups (broad SMARTS) is 2. The molecule has 0 aliphatic heterocycles. The van der Waals surface area contributed by atoms with Crippen molar-refractivity contribution >= 4 is 11.9 Å². The standard InChI is InChI=1S/C16H19NO.C4H4O4/c1-16(17,12-13-7-4-3-5-8-13)14-9-6-10-15(11-14)18-2;5-3(6)1-2-4(7)8/h3-11H,12,17H2,1-2H3;1-2H,(H,5,6)(H,7,8)/b;2-1-. The molecule has 1 unspecified atom stereocenters. The lowest BCUT2D eigenvalue weighted by atomic mass is 9.86. The third kappa shape index (κ3) is 7.63. The number of hydrogen-bond acceptors (Lipinski definition) is 4. The van der Waals surface area contributed by atoms with Gasteiger partial charge in [-0.25, -0.2) is 9.59 Å². The van der Waals surface area contributed by atoms with Crippen LogP contribution in [0.4, 0.5) is 0 Å². The van der Waals surface area contributed by atoms with Crippen LogP contribution >= 0.6 is 0 Å². The molecule has 6 heteroatoms. The molecule has 0 bridgehead atoms. The van der Waals surface area contributed by atoms with Gasteiger partial charge in [0.1, 0.15) is 5.75 Å². The fraction of sp³-hybridized carbons (Fsp3) is 0.200. The van der Waals surface area contributed by atoms with Gasteiger partial charge in [-0.1, -0.05) is 42.5 Å². The first-order valence-corrected chi connectivity index (χ1v) is 7.86. The molecule has 1 atom stereocenters. The number of aliphatic carboxylic acids is 2. The quantitative estimate of drug-likeness (QED) is 0.686. The molecule has 0 aliphatic carbocycles. The lowest BCUT2D eigenvalue weighted by Crippen LogP contribution is -2.35. The number of carbonyl (C=O) groups is 2. The lowest BCUT2D eigenvalue weighted by molar-refractivity contribution is -0.134. The van der Waals surface area contributed by atoms with Gasteiger partial charge >= 0.3 is 11.9 Å². The minimum Gasteiger partial charge on any atom is -0.497 e. The first kappa shape index (κ1) is 20.9. The van der Waals surface area contributed by atoms with E-state index < -0.39 is 17.5 Å².